The molecule has 0 amide bonds. The zero-order chi connectivity index (χ0) is 12.3. The Bertz CT molecular complexity index is 564. The van der Waals surface area contributed by atoms with Crippen molar-refractivity contribution in [2.45, 2.75) is 13.8 Å². The van der Waals surface area contributed by atoms with Crippen LogP contribution in [0.5, 0.6) is 0 Å². The monoisotopic (exact) mass is 224 g/mol. The van der Waals surface area contributed by atoms with Crippen LogP contribution in [0.2, 0.25) is 0 Å². The molecule has 2 bridgehead atoms. The van der Waals surface area contributed by atoms with Crippen molar-refractivity contribution in [3.63, 3.8) is 0 Å². The second kappa shape index (κ2) is 4.88. The van der Waals surface area contributed by atoms with Gasteiger partial charge in [-0.15, -0.1) is 0 Å². The van der Waals surface area contributed by atoms with Crippen molar-refractivity contribution in [3.8, 4) is 0 Å². The van der Waals surface area contributed by atoms with Crippen molar-refractivity contribution in [2.24, 2.45) is 0 Å². The molecule has 0 radical (unpaired) electrons. The maximum atomic E-state index is 5.34. The minimum atomic E-state index is 1.00. The predicted octanol–water partition coefficient (Wildman–Crippen LogP) is 4.82. The molecule has 0 fully saturated rings. The standard InChI is InChI=1S/C8H8O.C8H8/c1-5-3-7-4-6(2)8(5)9-7;1-2-8-6-4-3-5-7-8/h3-4H,1-2H3;2-7H,1H2. The third-order valence-corrected chi connectivity index (χ3v) is 2.69. The van der Waals surface area contributed by atoms with Crippen molar-refractivity contribution in [1.29, 1.82) is 0 Å². The Morgan fingerprint density at radius 3 is 1.88 bits per heavy atom. The Labute approximate surface area is 102 Å². The van der Waals surface area contributed by atoms with Gasteiger partial charge in [0.1, 0.15) is 11.2 Å². The summed E-state index contributed by atoms with van der Waals surface area (Å²) in [5.41, 5.74) is 5.74. The summed E-state index contributed by atoms with van der Waals surface area (Å²) in [6, 6.07) is 14.1. The Hall–Kier alpha value is -2.02. The van der Waals surface area contributed by atoms with Crippen LogP contribution in [-0.2, 0) is 0 Å². The molecule has 86 valence electrons. The van der Waals surface area contributed by atoms with E-state index in [-0.39, 0.29) is 0 Å². The van der Waals surface area contributed by atoms with Gasteiger partial charge in [-0.2, -0.15) is 0 Å². The van der Waals surface area contributed by atoms with E-state index in [1.807, 2.05) is 36.4 Å². The second-order valence-electron chi connectivity index (χ2n) is 4.10. The fourth-order valence-corrected chi connectivity index (χ4v) is 1.84. The van der Waals surface area contributed by atoms with E-state index in [1.54, 1.807) is 0 Å². The largest absolute Gasteiger partial charge is 0.457 e. The molecule has 0 saturated heterocycles. The second-order valence-corrected chi connectivity index (χ2v) is 4.10. The van der Waals surface area contributed by atoms with Gasteiger partial charge >= 0.3 is 0 Å². The van der Waals surface area contributed by atoms with Crippen molar-refractivity contribution in [1.82, 2.24) is 0 Å². The van der Waals surface area contributed by atoms with Crippen molar-refractivity contribution < 1.29 is 4.42 Å². The number of aryl methyl sites for hydroxylation is 2. The first kappa shape index (κ1) is 11.5. The number of furan rings is 2. The van der Waals surface area contributed by atoms with E-state index in [0.29, 0.717) is 0 Å². The summed E-state index contributed by atoms with van der Waals surface area (Å²) in [7, 11) is 0. The molecule has 0 N–H and O–H groups in total. The molecule has 0 aliphatic rings. The topological polar surface area (TPSA) is 13.1 Å². The van der Waals surface area contributed by atoms with E-state index >= 15 is 0 Å². The molecule has 0 unspecified atom stereocenters. The number of hydrogen-bond acceptors (Lipinski definition) is 1. The molecule has 0 saturated carbocycles. The van der Waals surface area contributed by atoms with Crippen LogP contribution in [0.1, 0.15) is 16.7 Å². The lowest BCUT2D eigenvalue weighted by atomic mass is 10.2. The van der Waals surface area contributed by atoms with E-state index in [2.05, 4.69) is 32.6 Å². The van der Waals surface area contributed by atoms with Crippen LogP contribution in [0.15, 0.2) is 53.5 Å². The fraction of sp³-hybridized carbons (Fsp3) is 0.125. The fourth-order valence-electron chi connectivity index (χ4n) is 1.84. The smallest absolute Gasteiger partial charge is 0.133 e. The summed E-state index contributed by atoms with van der Waals surface area (Å²) in [5.74, 6) is 0. The number of fused-ring (bicyclic) bond motifs is 2. The summed E-state index contributed by atoms with van der Waals surface area (Å²) in [6.07, 6.45) is 1.83. The Morgan fingerprint density at radius 1 is 1.00 bits per heavy atom. The van der Waals surface area contributed by atoms with Crippen molar-refractivity contribution in [2.75, 3.05) is 0 Å². The van der Waals surface area contributed by atoms with Crippen LogP contribution in [0.3, 0.4) is 0 Å². The first-order chi connectivity index (χ1) is 8.20. The van der Waals surface area contributed by atoms with Gasteiger partial charge in [0.05, 0.1) is 0 Å². The minimum absolute atomic E-state index is 1.00. The quantitative estimate of drug-likeness (QED) is 0.577. The van der Waals surface area contributed by atoms with Crippen molar-refractivity contribution >= 4 is 17.2 Å². The van der Waals surface area contributed by atoms with E-state index in [0.717, 1.165) is 11.2 Å². The third kappa shape index (κ3) is 2.56. The van der Waals surface area contributed by atoms with E-state index in [4.69, 9.17) is 4.42 Å². The van der Waals surface area contributed by atoms with E-state index < -0.39 is 0 Å². The molecule has 17 heavy (non-hydrogen) atoms. The van der Waals surface area contributed by atoms with Gasteiger partial charge in [-0.25, -0.2) is 0 Å². The normalized spacial score (nSPS) is 10.0. The molecule has 1 heteroatoms. The van der Waals surface area contributed by atoms with Crippen LogP contribution in [0.25, 0.3) is 17.2 Å². The summed E-state index contributed by atoms with van der Waals surface area (Å²) < 4.78 is 5.34. The number of rotatable bonds is 1. The van der Waals surface area contributed by atoms with Gasteiger partial charge in [0, 0.05) is 0 Å². The Morgan fingerprint density at radius 2 is 1.59 bits per heavy atom. The van der Waals surface area contributed by atoms with Crippen LogP contribution in [-0.4, -0.2) is 0 Å². The number of hydrogen-bond donors (Lipinski definition) is 0. The lowest BCUT2D eigenvalue weighted by molar-refractivity contribution is 0.672. The Kier molecular flexibility index (Phi) is 3.29. The lowest BCUT2D eigenvalue weighted by Gasteiger charge is -1.85. The molecule has 0 atom stereocenters. The molecule has 3 aromatic rings. The third-order valence-electron chi connectivity index (χ3n) is 2.69. The molecular formula is C16H16O. The average molecular weight is 224 g/mol. The summed E-state index contributed by atoms with van der Waals surface area (Å²) in [5, 5.41) is 0. The first-order valence-corrected chi connectivity index (χ1v) is 5.67. The van der Waals surface area contributed by atoms with Crippen LogP contribution in [0.4, 0.5) is 0 Å². The summed E-state index contributed by atoms with van der Waals surface area (Å²) >= 11 is 0. The molecular weight excluding hydrogens is 208 g/mol. The van der Waals surface area contributed by atoms with Gasteiger partial charge in [-0.05, 0) is 42.7 Å². The van der Waals surface area contributed by atoms with Gasteiger partial charge in [0.25, 0.3) is 0 Å². The SMILES string of the molecule is C=Cc1ccccc1.Cc1cc2cc(C)c1o2. The maximum Gasteiger partial charge on any atom is 0.133 e. The van der Waals surface area contributed by atoms with Crippen LogP contribution in [0, 0.1) is 13.8 Å². The molecule has 2 aromatic heterocycles. The van der Waals surface area contributed by atoms with Gasteiger partial charge in [-0.1, -0.05) is 43.0 Å². The number of benzene rings is 2. The van der Waals surface area contributed by atoms with Gasteiger partial charge in [-0.3, -0.25) is 0 Å². The molecule has 3 rings (SSSR count). The zero-order valence-electron chi connectivity index (χ0n) is 10.2. The minimum Gasteiger partial charge on any atom is -0.457 e. The zero-order valence-corrected chi connectivity index (χ0v) is 10.2. The van der Waals surface area contributed by atoms with Crippen LogP contribution >= 0.6 is 0 Å². The van der Waals surface area contributed by atoms with Gasteiger partial charge in [0.2, 0.25) is 0 Å². The molecule has 1 aromatic carbocycles. The highest BCUT2D eigenvalue weighted by Gasteiger charge is 2.05. The molecule has 0 aliphatic heterocycles. The molecule has 0 spiro atoms. The summed E-state index contributed by atoms with van der Waals surface area (Å²) in [4.78, 5) is 0. The van der Waals surface area contributed by atoms with E-state index in [9.17, 15) is 0 Å². The summed E-state index contributed by atoms with van der Waals surface area (Å²) in [6.45, 7) is 7.77. The average Bonchev–Trinajstić information content (AvgIpc) is 2.88. The maximum absolute atomic E-state index is 5.34. The Balaban J connectivity index is 0.000000128. The highest BCUT2D eigenvalue weighted by atomic mass is 16.3. The highest BCUT2D eigenvalue weighted by molar-refractivity contribution is 5.70. The van der Waals surface area contributed by atoms with E-state index in [1.165, 1.54) is 16.7 Å². The molecule has 0 aliphatic carbocycles. The predicted molar refractivity (Wildman–Crippen MR) is 73.4 cm³/mol. The molecule has 1 nitrogen and oxygen atoms in total. The van der Waals surface area contributed by atoms with Crippen LogP contribution < -0.4 is 0 Å². The molecule has 2 heterocycles. The lowest BCUT2D eigenvalue weighted by Crippen LogP contribution is -1.69. The first-order valence-electron chi connectivity index (χ1n) is 5.67. The van der Waals surface area contributed by atoms with Gasteiger partial charge < -0.3 is 4.42 Å². The highest BCUT2D eigenvalue weighted by Crippen LogP contribution is 2.25. The van der Waals surface area contributed by atoms with Gasteiger partial charge in [0.15, 0.2) is 0 Å². The van der Waals surface area contributed by atoms with Crippen molar-refractivity contribution in [3.05, 3.63) is 65.7 Å².